The van der Waals surface area contributed by atoms with E-state index in [0.29, 0.717) is 30.8 Å². The normalized spacial score (nSPS) is 15.5. The number of anilines is 3. The van der Waals surface area contributed by atoms with Gasteiger partial charge < -0.3 is 24.3 Å². The third-order valence-electron chi connectivity index (χ3n) is 7.42. The summed E-state index contributed by atoms with van der Waals surface area (Å²) in [5, 5.41) is 0. The lowest BCUT2D eigenvalue weighted by Crippen LogP contribution is -2.47. The minimum Gasteiger partial charge on any atom is -0.497 e. The third kappa shape index (κ3) is 5.19. The summed E-state index contributed by atoms with van der Waals surface area (Å²) in [7, 11) is 3.69. The molecule has 37 heavy (non-hydrogen) atoms. The van der Waals surface area contributed by atoms with Crippen molar-refractivity contribution in [3.63, 3.8) is 0 Å². The number of ether oxygens (including phenoxy) is 1. The van der Waals surface area contributed by atoms with Crippen molar-refractivity contribution in [3.05, 3.63) is 71.4 Å². The number of para-hydroxylation sites is 1. The molecule has 2 aromatic carbocycles. The molecule has 0 saturated carbocycles. The van der Waals surface area contributed by atoms with Gasteiger partial charge in [0.25, 0.3) is 5.91 Å². The Kier molecular flexibility index (Phi) is 7.17. The predicted octanol–water partition coefficient (Wildman–Crippen LogP) is 3.85. The van der Waals surface area contributed by atoms with Gasteiger partial charge in [-0.2, -0.15) is 4.98 Å². The van der Waals surface area contributed by atoms with Crippen LogP contribution in [-0.2, 0) is 13.0 Å². The molecule has 0 N–H and O–H groups in total. The van der Waals surface area contributed by atoms with Crippen LogP contribution in [0.1, 0.15) is 35.5 Å². The fourth-order valence-electron chi connectivity index (χ4n) is 4.98. The molecule has 2 aliphatic rings. The van der Waals surface area contributed by atoms with Crippen LogP contribution in [-0.4, -0.2) is 73.7 Å². The van der Waals surface area contributed by atoms with Crippen molar-refractivity contribution < 1.29 is 9.53 Å². The molecule has 1 fully saturated rings. The van der Waals surface area contributed by atoms with Gasteiger partial charge in [-0.05, 0) is 44.2 Å². The number of nitrogens with zero attached hydrogens (tertiary/aromatic N) is 6. The Morgan fingerprint density at radius 1 is 0.946 bits per heavy atom. The SMILES string of the molecule is COc1cccc(C(=O)N2CCc3nc(N4CCN(c5ccccc5)CC4)nc(N(C)C(C)C)c3C2)c1. The minimum absolute atomic E-state index is 0.00353. The second-order valence-electron chi connectivity index (χ2n) is 10.00. The van der Waals surface area contributed by atoms with Gasteiger partial charge in [0.05, 0.1) is 19.3 Å². The zero-order valence-corrected chi connectivity index (χ0v) is 22.2. The van der Waals surface area contributed by atoms with Crippen LogP contribution in [0, 0.1) is 0 Å². The Morgan fingerprint density at radius 2 is 1.68 bits per heavy atom. The Morgan fingerprint density at radius 3 is 2.38 bits per heavy atom. The smallest absolute Gasteiger partial charge is 0.254 e. The van der Waals surface area contributed by atoms with E-state index in [1.54, 1.807) is 13.2 Å². The Labute approximate surface area is 219 Å². The second kappa shape index (κ2) is 10.7. The molecule has 2 aliphatic heterocycles. The maximum Gasteiger partial charge on any atom is 0.254 e. The Bertz CT molecular complexity index is 1240. The van der Waals surface area contributed by atoms with Gasteiger partial charge in [-0.15, -0.1) is 0 Å². The molecule has 1 aromatic heterocycles. The van der Waals surface area contributed by atoms with Crippen LogP contribution in [0.2, 0.25) is 0 Å². The van der Waals surface area contributed by atoms with Crippen molar-refractivity contribution in [2.24, 2.45) is 0 Å². The highest BCUT2D eigenvalue weighted by atomic mass is 16.5. The molecule has 194 valence electrons. The average molecular weight is 501 g/mol. The molecule has 1 amide bonds. The van der Waals surface area contributed by atoms with E-state index in [9.17, 15) is 4.79 Å². The first kappa shape index (κ1) is 24.9. The van der Waals surface area contributed by atoms with Crippen LogP contribution in [0.3, 0.4) is 0 Å². The topological polar surface area (TPSA) is 65.0 Å². The summed E-state index contributed by atoms with van der Waals surface area (Å²) in [6, 6.07) is 18.2. The molecule has 0 spiro atoms. The van der Waals surface area contributed by atoms with Gasteiger partial charge in [0.2, 0.25) is 5.95 Å². The van der Waals surface area contributed by atoms with Crippen molar-refractivity contribution in [2.45, 2.75) is 32.9 Å². The quantitative estimate of drug-likeness (QED) is 0.509. The van der Waals surface area contributed by atoms with Gasteiger partial charge >= 0.3 is 0 Å². The molecule has 0 bridgehead atoms. The fraction of sp³-hybridized carbons (Fsp3) is 0.414. The van der Waals surface area contributed by atoms with Crippen molar-refractivity contribution >= 4 is 23.4 Å². The van der Waals surface area contributed by atoms with E-state index in [2.05, 4.69) is 65.9 Å². The largest absolute Gasteiger partial charge is 0.497 e. The number of rotatable bonds is 6. The zero-order valence-electron chi connectivity index (χ0n) is 22.2. The van der Waals surface area contributed by atoms with Gasteiger partial charge in [0.1, 0.15) is 11.6 Å². The molecule has 0 aliphatic carbocycles. The molecule has 8 nitrogen and oxygen atoms in total. The summed E-state index contributed by atoms with van der Waals surface area (Å²) in [4.78, 5) is 32.3. The van der Waals surface area contributed by atoms with Crippen LogP contribution < -0.4 is 19.4 Å². The van der Waals surface area contributed by atoms with E-state index in [1.807, 2.05) is 23.1 Å². The third-order valence-corrected chi connectivity index (χ3v) is 7.42. The molecule has 0 atom stereocenters. The van der Waals surface area contributed by atoms with E-state index in [1.165, 1.54) is 5.69 Å². The van der Waals surface area contributed by atoms with Gasteiger partial charge in [-0.1, -0.05) is 24.3 Å². The van der Waals surface area contributed by atoms with E-state index >= 15 is 0 Å². The van der Waals surface area contributed by atoms with Crippen LogP contribution in [0.15, 0.2) is 54.6 Å². The number of hydrogen-bond acceptors (Lipinski definition) is 7. The molecular formula is C29H36N6O2. The molecule has 0 unspecified atom stereocenters. The van der Waals surface area contributed by atoms with Crippen molar-refractivity contribution in [1.82, 2.24) is 14.9 Å². The van der Waals surface area contributed by atoms with Crippen LogP contribution in [0.5, 0.6) is 5.75 Å². The molecule has 3 heterocycles. The maximum atomic E-state index is 13.4. The molecule has 3 aromatic rings. The van der Waals surface area contributed by atoms with Crippen molar-refractivity contribution in [3.8, 4) is 5.75 Å². The number of carbonyl (C=O) groups is 1. The summed E-state index contributed by atoms with van der Waals surface area (Å²) in [6.45, 7) is 9.07. The van der Waals surface area contributed by atoms with Crippen LogP contribution in [0.25, 0.3) is 0 Å². The summed E-state index contributed by atoms with van der Waals surface area (Å²) in [5.41, 5.74) is 3.99. The summed E-state index contributed by atoms with van der Waals surface area (Å²) < 4.78 is 5.32. The molecule has 8 heteroatoms. The lowest BCUT2D eigenvalue weighted by molar-refractivity contribution is 0.0733. The second-order valence-corrected chi connectivity index (χ2v) is 10.00. The van der Waals surface area contributed by atoms with Gasteiger partial charge in [-0.3, -0.25) is 4.79 Å². The summed E-state index contributed by atoms with van der Waals surface area (Å²) in [6.07, 6.45) is 0.712. The highest BCUT2D eigenvalue weighted by Gasteiger charge is 2.30. The molecular weight excluding hydrogens is 464 g/mol. The van der Waals surface area contributed by atoms with Crippen LogP contribution in [0.4, 0.5) is 17.5 Å². The summed E-state index contributed by atoms with van der Waals surface area (Å²) >= 11 is 0. The number of fused-ring (bicyclic) bond motifs is 1. The Hall–Kier alpha value is -3.81. The first-order chi connectivity index (χ1) is 17.9. The monoisotopic (exact) mass is 500 g/mol. The standard InChI is InChI=1S/C29H36N6O2/c1-21(2)32(3)27-25-20-35(28(36)22-9-8-12-24(19-22)37-4)14-13-26(25)30-29(31-27)34-17-15-33(16-18-34)23-10-6-5-7-11-23/h5-12,19,21H,13-18,20H2,1-4H3. The highest BCUT2D eigenvalue weighted by Crippen LogP contribution is 2.31. The van der Waals surface area contributed by atoms with E-state index in [0.717, 1.165) is 49.2 Å². The molecule has 1 saturated heterocycles. The van der Waals surface area contributed by atoms with E-state index in [4.69, 9.17) is 14.7 Å². The number of carbonyl (C=O) groups excluding carboxylic acids is 1. The highest BCUT2D eigenvalue weighted by molar-refractivity contribution is 5.94. The lowest BCUT2D eigenvalue weighted by Gasteiger charge is -2.38. The van der Waals surface area contributed by atoms with E-state index < -0.39 is 0 Å². The molecule has 5 rings (SSSR count). The number of hydrogen-bond donors (Lipinski definition) is 0. The summed E-state index contributed by atoms with van der Waals surface area (Å²) in [5.74, 6) is 2.40. The Balaban J connectivity index is 1.39. The van der Waals surface area contributed by atoms with Gasteiger partial charge in [0, 0.05) is 69.0 Å². The molecule has 0 radical (unpaired) electrons. The van der Waals surface area contributed by atoms with E-state index in [-0.39, 0.29) is 11.9 Å². The lowest BCUT2D eigenvalue weighted by atomic mass is 10.0. The fourth-order valence-corrected chi connectivity index (χ4v) is 4.98. The number of aromatic nitrogens is 2. The van der Waals surface area contributed by atoms with Crippen LogP contribution >= 0.6 is 0 Å². The van der Waals surface area contributed by atoms with Gasteiger partial charge in [0.15, 0.2) is 0 Å². The number of piperazine rings is 1. The first-order valence-electron chi connectivity index (χ1n) is 13.1. The maximum absolute atomic E-state index is 13.4. The average Bonchev–Trinajstić information content (AvgIpc) is 2.96. The first-order valence-corrected chi connectivity index (χ1v) is 13.1. The minimum atomic E-state index is 0.00353. The van der Waals surface area contributed by atoms with Gasteiger partial charge in [-0.25, -0.2) is 4.98 Å². The number of amides is 1. The number of methoxy groups -OCH3 is 1. The van der Waals surface area contributed by atoms with Crippen molar-refractivity contribution in [1.29, 1.82) is 0 Å². The zero-order chi connectivity index (χ0) is 25.9. The number of benzene rings is 2. The predicted molar refractivity (Wildman–Crippen MR) is 148 cm³/mol. The van der Waals surface area contributed by atoms with Crippen molar-refractivity contribution in [2.75, 3.05) is 61.6 Å².